The first-order chi connectivity index (χ1) is 6.33. The number of esters is 1. The fraction of sp³-hybridized carbons (Fsp3) is 0.889. The second kappa shape index (κ2) is 6.27. The molecule has 13 heavy (non-hydrogen) atoms. The molecule has 0 aromatic carbocycles. The lowest BCUT2D eigenvalue weighted by Gasteiger charge is -2.25. The molecule has 0 radical (unpaired) electrons. The third-order valence-corrected chi connectivity index (χ3v) is 2.51. The molecule has 1 fully saturated rings. The van der Waals surface area contributed by atoms with Gasteiger partial charge in [-0.05, 0) is 25.9 Å². The van der Waals surface area contributed by atoms with Gasteiger partial charge in [0.15, 0.2) is 0 Å². The van der Waals surface area contributed by atoms with Crippen molar-refractivity contribution in [3.05, 3.63) is 0 Å². The normalized spacial score (nSPS) is 18.5. The first-order valence-corrected chi connectivity index (χ1v) is 5.45. The predicted octanol–water partition coefficient (Wildman–Crippen LogP) is 0.945. The van der Waals surface area contributed by atoms with Crippen molar-refractivity contribution < 1.29 is 9.53 Å². The Kier molecular flexibility index (Phi) is 5.23. The standard InChI is InChI=1S/C9H17NO2S/c11-9(8-13)12-7-6-10-4-2-1-3-5-10/h13H,1-8H2. The third kappa shape index (κ3) is 4.52. The summed E-state index contributed by atoms with van der Waals surface area (Å²) in [7, 11) is 0. The number of thiol groups is 1. The molecule has 0 aliphatic carbocycles. The molecule has 0 unspecified atom stereocenters. The molecule has 4 heteroatoms. The van der Waals surface area contributed by atoms with Crippen molar-refractivity contribution >= 4 is 18.6 Å². The van der Waals surface area contributed by atoms with Crippen LogP contribution in [-0.2, 0) is 9.53 Å². The molecule has 0 amide bonds. The van der Waals surface area contributed by atoms with Crippen molar-refractivity contribution in [3.8, 4) is 0 Å². The lowest BCUT2D eigenvalue weighted by molar-refractivity contribution is -0.140. The Bertz CT molecular complexity index is 158. The fourth-order valence-electron chi connectivity index (χ4n) is 1.52. The molecule has 1 aliphatic rings. The minimum Gasteiger partial charge on any atom is -0.464 e. The summed E-state index contributed by atoms with van der Waals surface area (Å²) in [4.78, 5) is 13.1. The van der Waals surface area contributed by atoms with E-state index in [9.17, 15) is 4.79 Å². The van der Waals surface area contributed by atoms with Crippen LogP contribution in [0.2, 0.25) is 0 Å². The number of piperidine rings is 1. The van der Waals surface area contributed by atoms with Gasteiger partial charge in [-0.25, -0.2) is 0 Å². The van der Waals surface area contributed by atoms with E-state index in [1.165, 1.54) is 19.3 Å². The van der Waals surface area contributed by atoms with Gasteiger partial charge in [0.05, 0.1) is 5.75 Å². The summed E-state index contributed by atoms with van der Waals surface area (Å²) in [6, 6.07) is 0. The highest BCUT2D eigenvalue weighted by Crippen LogP contribution is 2.07. The fourth-order valence-corrected chi connectivity index (χ4v) is 1.61. The molecule has 1 rings (SSSR count). The largest absolute Gasteiger partial charge is 0.464 e. The zero-order valence-electron chi connectivity index (χ0n) is 7.87. The Morgan fingerprint density at radius 3 is 2.62 bits per heavy atom. The first kappa shape index (κ1) is 10.9. The Balaban J connectivity index is 2.01. The van der Waals surface area contributed by atoms with Crippen molar-refractivity contribution in [3.63, 3.8) is 0 Å². The van der Waals surface area contributed by atoms with Crippen molar-refractivity contribution in [2.75, 3.05) is 32.0 Å². The predicted molar refractivity (Wildman–Crippen MR) is 55.1 cm³/mol. The summed E-state index contributed by atoms with van der Waals surface area (Å²) < 4.78 is 4.94. The van der Waals surface area contributed by atoms with Crippen LogP contribution in [0.15, 0.2) is 0 Å². The molecular formula is C9H17NO2S. The van der Waals surface area contributed by atoms with Gasteiger partial charge in [0.1, 0.15) is 6.61 Å². The summed E-state index contributed by atoms with van der Waals surface area (Å²) in [5.74, 6) is -0.0413. The third-order valence-electron chi connectivity index (χ3n) is 2.25. The zero-order chi connectivity index (χ0) is 9.52. The molecular weight excluding hydrogens is 186 g/mol. The number of carbonyl (C=O) groups excluding carboxylic acids is 1. The van der Waals surface area contributed by atoms with Crippen LogP contribution in [0.25, 0.3) is 0 Å². The van der Waals surface area contributed by atoms with Crippen LogP contribution in [0.3, 0.4) is 0 Å². The average Bonchev–Trinajstić information content (AvgIpc) is 2.19. The van der Waals surface area contributed by atoms with Gasteiger partial charge in [-0.2, -0.15) is 12.6 Å². The molecule has 0 aromatic rings. The van der Waals surface area contributed by atoms with Gasteiger partial charge in [0, 0.05) is 6.54 Å². The van der Waals surface area contributed by atoms with Crippen LogP contribution >= 0.6 is 12.6 Å². The van der Waals surface area contributed by atoms with Crippen LogP contribution in [0, 0.1) is 0 Å². The lowest BCUT2D eigenvalue weighted by Crippen LogP contribution is -2.33. The van der Waals surface area contributed by atoms with Crippen LogP contribution < -0.4 is 0 Å². The minimum absolute atomic E-state index is 0.181. The van der Waals surface area contributed by atoms with Gasteiger partial charge in [-0.3, -0.25) is 9.69 Å². The molecule has 0 atom stereocenters. The van der Waals surface area contributed by atoms with E-state index in [4.69, 9.17) is 4.74 Å². The van der Waals surface area contributed by atoms with Crippen molar-refractivity contribution in [2.24, 2.45) is 0 Å². The number of rotatable bonds is 4. The zero-order valence-corrected chi connectivity index (χ0v) is 8.76. The quantitative estimate of drug-likeness (QED) is 0.545. The summed E-state index contributed by atoms with van der Waals surface area (Å²) in [6.45, 7) is 3.69. The Labute approximate surface area is 84.8 Å². The molecule has 76 valence electrons. The van der Waals surface area contributed by atoms with Gasteiger partial charge in [-0.1, -0.05) is 6.42 Å². The van der Waals surface area contributed by atoms with Gasteiger partial charge >= 0.3 is 5.97 Å². The number of carbonyl (C=O) groups is 1. The molecule has 0 aromatic heterocycles. The SMILES string of the molecule is O=C(CS)OCCN1CCCCC1. The first-order valence-electron chi connectivity index (χ1n) is 4.82. The van der Waals surface area contributed by atoms with E-state index in [0.29, 0.717) is 6.61 Å². The summed E-state index contributed by atoms with van der Waals surface area (Å²) >= 11 is 3.83. The average molecular weight is 203 g/mol. The van der Waals surface area contributed by atoms with Gasteiger partial charge in [-0.15, -0.1) is 0 Å². The Morgan fingerprint density at radius 2 is 2.00 bits per heavy atom. The topological polar surface area (TPSA) is 29.5 Å². The van der Waals surface area contributed by atoms with Crippen molar-refractivity contribution in [1.29, 1.82) is 0 Å². The van der Waals surface area contributed by atoms with E-state index in [2.05, 4.69) is 17.5 Å². The van der Waals surface area contributed by atoms with Crippen LogP contribution in [0.5, 0.6) is 0 Å². The maximum Gasteiger partial charge on any atom is 0.315 e. The van der Waals surface area contributed by atoms with Crippen molar-refractivity contribution in [1.82, 2.24) is 4.90 Å². The number of ether oxygens (including phenoxy) is 1. The van der Waals surface area contributed by atoms with Gasteiger partial charge < -0.3 is 4.74 Å². The second-order valence-electron chi connectivity index (χ2n) is 3.28. The lowest BCUT2D eigenvalue weighted by atomic mass is 10.1. The Hall–Kier alpha value is -0.220. The molecule has 3 nitrogen and oxygen atoms in total. The number of nitrogens with zero attached hydrogens (tertiary/aromatic N) is 1. The monoisotopic (exact) mass is 203 g/mol. The molecule has 1 saturated heterocycles. The van der Waals surface area contributed by atoms with E-state index in [1.807, 2.05) is 0 Å². The summed E-state index contributed by atoms with van der Waals surface area (Å²) in [5, 5.41) is 0. The molecule has 0 bridgehead atoms. The van der Waals surface area contributed by atoms with E-state index in [0.717, 1.165) is 19.6 Å². The molecule has 0 spiro atoms. The second-order valence-corrected chi connectivity index (χ2v) is 3.60. The Morgan fingerprint density at radius 1 is 1.31 bits per heavy atom. The van der Waals surface area contributed by atoms with E-state index < -0.39 is 0 Å². The smallest absolute Gasteiger partial charge is 0.315 e. The summed E-state index contributed by atoms with van der Waals surface area (Å²) in [6.07, 6.45) is 3.90. The highest BCUT2D eigenvalue weighted by atomic mass is 32.1. The number of hydrogen-bond acceptors (Lipinski definition) is 4. The van der Waals surface area contributed by atoms with Crippen molar-refractivity contribution in [2.45, 2.75) is 19.3 Å². The van der Waals surface area contributed by atoms with Crippen LogP contribution in [-0.4, -0.2) is 42.9 Å². The van der Waals surface area contributed by atoms with Gasteiger partial charge in [0.2, 0.25) is 0 Å². The van der Waals surface area contributed by atoms with E-state index >= 15 is 0 Å². The minimum atomic E-state index is -0.222. The highest BCUT2D eigenvalue weighted by Gasteiger charge is 2.09. The van der Waals surface area contributed by atoms with Crippen LogP contribution in [0.4, 0.5) is 0 Å². The molecule has 0 saturated carbocycles. The maximum atomic E-state index is 10.7. The molecule has 0 N–H and O–H groups in total. The van der Waals surface area contributed by atoms with Crippen LogP contribution in [0.1, 0.15) is 19.3 Å². The maximum absolute atomic E-state index is 10.7. The number of likely N-dealkylation sites (tertiary alicyclic amines) is 1. The van der Waals surface area contributed by atoms with E-state index in [-0.39, 0.29) is 11.7 Å². The highest BCUT2D eigenvalue weighted by molar-refractivity contribution is 7.81. The molecule has 1 heterocycles. The molecule has 1 aliphatic heterocycles. The van der Waals surface area contributed by atoms with Gasteiger partial charge in [0.25, 0.3) is 0 Å². The number of hydrogen-bond donors (Lipinski definition) is 1. The van der Waals surface area contributed by atoms with E-state index in [1.54, 1.807) is 0 Å². The summed E-state index contributed by atoms with van der Waals surface area (Å²) in [5.41, 5.74) is 0.